The maximum absolute atomic E-state index is 5.13. The van der Waals surface area contributed by atoms with Crippen molar-refractivity contribution >= 4 is 5.82 Å². The minimum absolute atomic E-state index is 0.859. The molecule has 1 heterocycles. The molecule has 0 fully saturated rings. The SMILES string of the molecule is CCCNc1cc(-c2ccc(OC)cc2)[nH]n1. The standard InChI is InChI=1S/C13H17N3O/c1-3-8-14-13-9-12(15-16-13)10-4-6-11(17-2)7-5-10/h4-7,9H,3,8H2,1-2H3,(H2,14,15,16). The van der Waals surface area contributed by atoms with Crippen molar-refractivity contribution < 1.29 is 4.74 Å². The molecule has 0 saturated heterocycles. The number of rotatable bonds is 5. The van der Waals surface area contributed by atoms with Crippen LogP contribution >= 0.6 is 0 Å². The van der Waals surface area contributed by atoms with Crippen LogP contribution in [0, 0.1) is 0 Å². The molecule has 0 aliphatic heterocycles. The number of nitrogens with one attached hydrogen (secondary N) is 2. The molecule has 0 saturated carbocycles. The lowest BCUT2D eigenvalue weighted by molar-refractivity contribution is 0.415. The lowest BCUT2D eigenvalue weighted by Gasteiger charge is -2.00. The van der Waals surface area contributed by atoms with Crippen LogP contribution in [0.25, 0.3) is 11.3 Å². The fraction of sp³-hybridized carbons (Fsp3) is 0.308. The largest absolute Gasteiger partial charge is 0.497 e. The normalized spacial score (nSPS) is 10.2. The van der Waals surface area contributed by atoms with E-state index in [1.807, 2.05) is 30.3 Å². The van der Waals surface area contributed by atoms with Gasteiger partial charge in [-0.25, -0.2) is 0 Å². The molecule has 0 radical (unpaired) electrons. The van der Waals surface area contributed by atoms with E-state index in [9.17, 15) is 0 Å². The van der Waals surface area contributed by atoms with E-state index in [0.717, 1.165) is 35.8 Å². The van der Waals surface area contributed by atoms with Crippen molar-refractivity contribution in [2.75, 3.05) is 19.0 Å². The first-order valence-corrected chi connectivity index (χ1v) is 5.77. The molecule has 0 amide bonds. The van der Waals surface area contributed by atoms with Crippen molar-refractivity contribution in [3.05, 3.63) is 30.3 Å². The maximum atomic E-state index is 5.13. The third-order valence-electron chi connectivity index (χ3n) is 2.54. The number of anilines is 1. The van der Waals surface area contributed by atoms with Crippen molar-refractivity contribution in [3.63, 3.8) is 0 Å². The van der Waals surface area contributed by atoms with Gasteiger partial charge >= 0.3 is 0 Å². The van der Waals surface area contributed by atoms with Crippen molar-refractivity contribution in [1.82, 2.24) is 10.2 Å². The van der Waals surface area contributed by atoms with E-state index in [0.29, 0.717) is 0 Å². The summed E-state index contributed by atoms with van der Waals surface area (Å²) in [5, 5.41) is 10.5. The first-order valence-electron chi connectivity index (χ1n) is 5.77. The highest BCUT2D eigenvalue weighted by Gasteiger charge is 2.03. The van der Waals surface area contributed by atoms with Gasteiger partial charge in [0.1, 0.15) is 11.6 Å². The Balaban J connectivity index is 2.12. The minimum Gasteiger partial charge on any atom is -0.497 e. The summed E-state index contributed by atoms with van der Waals surface area (Å²) in [6.45, 7) is 3.07. The summed E-state index contributed by atoms with van der Waals surface area (Å²) >= 11 is 0. The molecule has 2 aromatic rings. The fourth-order valence-corrected chi connectivity index (χ4v) is 1.58. The number of benzene rings is 1. The van der Waals surface area contributed by atoms with E-state index in [1.54, 1.807) is 7.11 Å². The monoisotopic (exact) mass is 231 g/mol. The van der Waals surface area contributed by atoms with Gasteiger partial charge in [-0.2, -0.15) is 5.10 Å². The van der Waals surface area contributed by atoms with E-state index in [2.05, 4.69) is 22.4 Å². The van der Waals surface area contributed by atoms with Gasteiger partial charge in [-0.1, -0.05) is 6.92 Å². The average Bonchev–Trinajstić information content (AvgIpc) is 2.85. The summed E-state index contributed by atoms with van der Waals surface area (Å²) in [7, 11) is 1.66. The molecule has 0 atom stereocenters. The minimum atomic E-state index is 0.859. The summed E-state index contributed by atoms with van der Waals surface area (Å²) in [5.74, 6) is 1.75. The molecular weight excluding hydrogens is 214 g/mol. The Kier molecular flexibility index (Phi) is 3.65. The molecule has 2 rings (SSSR count). The van der Waals surface area contributed by atoms with Gasteiger partial charge < -0.3 is 10.1 Å². The number of ether oxygens (including phenoxy) is 1. The summed E-state index contributed by atoms with van der Waals surface area (Å²) in [6.07, 6.45) is 1.09. The molecule has 4 heteroatoms. The highest BCUT2D eigenvalue weighted by atomic mass is 16.5. The van der Waals surface area contributed by atoms with E-state index in [-0.39, 0.29) is 0 Å². The molecule has 0 aliphatic rings. The van der Waals surface area contributed by atoms with E-state index >= 15 is 0 Å². The van der Waals surface area contributed by atoms with Crippen LogP contribution in [0.15, 0.2) is 30.3 Å². The number of methoxy groups -OCH3 is 1. The van der Waals surface area contributed by atoms with E-state index in [1.165, 1.54) is 0 Å². The topological polar surface area (TPSA) is 49.9 Å². The van der Waals surface area contributed by atoms with Gasteiger partial charge in [-0.05, 0) is 36.2 Å². The van der Waals surface area contributed by atoms with Gasteiger partial charge in [0.2, 0.25) is 0 Å². The van der Waals surface area contributed by atoms with Gasteiger partial charge in [-0.15, -0.1) is 0 Å². The molecule has 1 aromatic heterocycles. The first-order chi connectivity index (χ1) is 8.33. The number of aromatic nitrogens is 2. The van der Waals surface area contributed by atoms with Crippen molar-refractivity contribution in [3.8, 4) is 17.0 Å². The number of hydrogen-bond acceptors (Lipinski definition) is 3. The summed E-state index contributed by atoms with van der Waals surface area (Å²) < 4.78 is 5.13. The summed E-state index contributed by atoms with van der Waals surface area (Å²) in [6, 6.07) is 9.91. The van der Waals surface area contributed by atoms with Crippen molar-refractivity contribution in [1.29, 1.82) is 0 Å². The second-order valence-corrected chi connectivity index (χ2v) is 3.82. The third-order valence-corrected chi connectivity index (χ3v) is 2.54. The molecule has 17 heavy (non-hydrogen) atoms. The maximum Gasteiger partial charge on any atom is 0.148 e. The van der Waals surface area contributed by atoms with E-state index in [4.69, 9.17) is 4.74 Å². The molecule has 0 unspecified atom stereocenters. The van der Waals surface area contributed by atoms with Crippen LogP contribution in [0.4, 0.5) is 5.82 Å². The van der Waals surface area contributed by atoms with Gasteiger partial charge in [0, 0.05) is 12.6 Å². The zero-order chi connectivity index (χ0) is 12.1. The van der Waals surface area contributed by atoms with Crippen LogP contribution in [0.3, 0.4) is 0 Å². The third kappa shape index (κ3) is 2.78. The molecule has 4 nitrogen and oxygen atoms in total. The van der Waals surface area contributed by atoms with Crippen molar-refractivity contribution in [2.24, 2.45) is 0 Å². The van der Waals surface area contributed by atoms with Gasteiger partial charge in [0.15, 0.2) is 0 Å². The van der Waals surface area contributed by atoms with Crippen LogP contribution in [0.1, 0.15) is 13.3 Å². The smallest absolute Gasteiger partial charge is 0.148 e. The number of nitrogens with zero attached hydrogens (tertiary/aromatic N) is 1. The summed E-state index contributed by atoms with van der Waals surface area (Å²) in [5.41, 5.74) is 2.11. The van der Waals surface area contributed by atoms with Gasteiger partial charge in [-0.3, -0.25) is 5.10 Å². The van der Waals surface area contributed by atoms with Gasteiger partial charge in [0.25, 0.3) is 0 Å². The molecule has 0 aliphatic carbocycles. The quantitative estimate of drug-likeness (QED) is 0.831. The Morgan fingerprint density at radius 2 is 2.06 bits per heavy atom. The van der Waals surface area contributed by atoms with E-state index < -0.39 is 0 Å². The Morgan fingerprint density at radius 3 is 2.71 bits per heavy atom. The Bertz CT molecular complexity index is 462. The summed E-state index contributed by atoms with van der Waals surface area (Å²) in [4.78, 5) is 0. The van der Waals surface area contributed by atoms with Crippen LogP contribution in [0.2, 0.25) is 0 Å². The van der Waals surface area contributed by atoms with Crippen molar-refractivity contribution in [2.45, 2.75) is 13.3 Å². The predicted molar refractivity (Wildman–Crippen MR) is 69.4 cm³/mol. The Labute approximate surface area is 101 Å². The number of H-pyrrole nitrogens is 1. The fourth-order valence-electron chi connectivity index (χ4n) is 1.58. The molecule has 1 aromatic carbocycles. The van der Waals surface area contributed by atoms with Gasteiger partial charge in [0.05, 0.1) is 12.8 Å². The van der Waals surface area contributed by atoms with Crippen LogP contribution < -0.4 is 10.1 Å². The number of aromatic amines is 1. The molecule has 0 bridgehead atoms. The molecule has 2 N–H and O–H groups in total. The second-order valence-electron chi connectivity index (χ2n) is 3.82. The highest BCUT2D eigenvalue weighted by molar-refractivity contribution is 5.63. The van der Waals surface area contributed by atoms with Crippen LogP contribution in [0.5, 0.6) is 5.75 Å². The Morgan fingerprint density at radius 1 is 1.29 bits per heavy atom. The zero-order valence-corrected chi connectivity index (χ0v) is 10.2. The lowest BCUT2D eigenvalue weighted by Crippen LogP contribution is -1.99. The second kappa shape index (κ2) is 5.39. The van der Waals surface area contributed by atoms with Crippen LogP contribution in [-0.2, 0) is 0 Å². The highest BCUT2D eigenvalue weighted by Crippen LogP contribution is 2.22. The predicted octanol–water partition coefficient (Wildman–Crippen LogP) is 2.91. The molecule has 90 valence electrons. The molecular formula is C13H17N3O. The Hall–Kier alpha value is -1.97. The average molecular weight is 231 g/mol. The first kappa shape index (κ1) is 11.5. The number of hydrogen-bond donors (Lipinski definition) is 2. The molecule has 0 spiro atoms. The zero-order valence-electron chi connectivity index (χ0n) is 10.2. The van der Waals surface area contributed by atoms with Crippen LogP contribution in [-0.4, -0.2) is 23.9 Å². The lowest BCUT2D eigenvalue weighted by atomic mass is 10.1.